The molecule has 1 aliphatic heterocycles. The second-order valence-corrected chi connectivity index (χ2v) is 3.70. The third-order valence-electron chi connectivity index (χ3n) is 1.64. The van der Waals surface area contributed by atoms with Crippen LogP contribution < -0.4 is 5.73 Å². The average Bonchev–Trinajstić information content (AvgIpc) is 1.89. The van der Waals surface area contributed by atoms with E-state index in [2.05, 4.69) is 0 Å². The van der Waals surface area contributed by atoms with Crippen LogP contribution in [-0.4, -0.2) is 28.8 Å². The summed E-state index contributed by atoms with van der Waals surface area (Å²) >= 11 is 1.80. The minimum atomic E-state index is -0.145. The Morgan fingerprint density at radius 3 is 2.89 bits per heavy atom. The molecule has 0 bridgehead atoms. The Labute approximate surface area is 59.8 Å². The first-order valence-electron chi connectivity index (χ1n) is 3.34. The van der Waals surface area contributed by atoms with Crippen LogP contribution in [0.1, 0.15) is 12.8 Å². The molecule has 9 heavy (non-hydrogen) atoms. The Hall–Kier alpha value is 0.270. The lowest BCUT2D eigenvalue weighted by atomic mass is 10.1. The van der Waals surface area contributed by atoms with Crippen molar-refractivity contribution in [1.82, 2.24) is 0 Å². The van der Waals surface area contributed by atoms with E-state index in [-0.39, 0.29) is 6.10 Å². The molecule has 0 radical (unpaired) electrons. The molecule has 1 fully saturated rings. The van der Waals surface area contributed by atoms with E-state index in [0.29, 0.717) is 11.8 Å². The monoisotopic (exact) mass is 147 g/mol. The Morgan fingerprint density at radius 1 is 1.67 bits per heavy atom. The number of thioether (sulfide) groups is 1. The van der Waals surface area contributed by atoms with Crippen LogP contribution in [-0.2, 0) is 0 Å². The van der Waals surface area contributed by atoms with Crippen LogP contribution in [0, 0.1) is 0 Å². The normalized spacial score (nSPS) is 36.7. The maximum absolute atomic E-state index is 9.27. The molecular weight excluding hydrogens is 134 g/mol. The molecule has 3 heteroatoms. The predicted molar refractivity (Wildman–Crippen MR) is 40.5 cm³/mol. The highest BCUT2D eigenvalue weighted by molar-refractivity contribution is 8.00. The molecule has 2 atom stereocenters. The van der Waals surface area contributed by atoms with Gasteiger partial charge in [0.15, 0.2) is 0 Å². The SMILES string of the molecule is NCC1SCCCC1O. The van der Waals surface area contributed by atoms with Crippen LogP contribution in [0.3, 0.4) is 0 Å². The fraction of sp³-hybridized carbons (Fsp3) is 1.00. The van der Waals surface area contributed by atoms with Crippen molar-refractivity contribution in [1.29, 1.82) is 0 Å². The van der Waals surface area contributed by atoms with Crippen molar-refractivity contribution in [2.24, 2.45) is 5.73 Å². The Morgan fingerprint density at radius 2 is 2.44 bits per heavy atom. The van der Waals surface area contributed by atoms with Crippen molar-refractivity contribution >= 4 is 11.8 Å². The molecule has 0 amide bonds. The van der Waals surface area contributed by atoms with Crippen molar-refractivity contribution in [3.05, 3.63) is 0 Å². The summed E-state index contributed by atoms with van der Waals surface area (Å²) in [6, 6.07) is 0. The fourth-order valence-electron chi connectivity index (χ4n) is 1.05. The van der Waals surface area contributed by atoms with E-state index in [0.717, 1.165) is 12.8 Å². The van der Waals surface area contributed by atoms with Gasteiger partial charge in [0.05, 0.1) is 6.10 Å². The summed E-state index contributed by atoms with van der Waals surface area (Å²) in [6.45, 7) is 0.617. The van der Waals surface area contributed by atoms with Crippen LogP contribution in [0.2, 0.25) is 0 Å². The lowest BCUT2D eigenvalue weighted by Gasteiger charge is -2.25. The number of aliphatic hydroxyl groups excluding tert-OH is 1. The molecule has 1 heterocycles. The minimum absolute atomic E-state index is 0.145. The molecule has 2 nitrogen and oxygen atoms in total. The number of aliphatic hydroxyl groups is 1. The highest BCUT2D eigenvalue weighted by Crippen LogP contribution is 2.24. The van der Waals surface area contributed by atoms with Gasteiger partial charge in [-0.1, -0.05) is 0 Å². The molecule has 0 aliphatic carbocycles. The molecule has 1 saturated heterocycles. The lowest BCUT2D eigenvalue weighted by molar-refractivity contribution is 0.158. The maximum atomic E-state index is 9.27. The van der Waals surface area contributed by atoms with E-state index in [1.165, 1.54) is 5.75 Å². The third kappa shape index (κ3) is 1.85. The van der Waals surface area contributed by atoms with Gasteiger partial charge < -0.3 is 10.8 Å². The quantitative estimate of drug-likeness (QED) is 0.557. The first-order valence-corrected chi connectivity index (χ1v) is 4.39. The molecule has 3 N–H and O–H groups in total. The zero-order valence-corrected chi connectivity index (χ0v) is 6.23. The zero-order chi connectivity index (χ0) is 6.69. The number of hydrogen-bond acceptors (Lipinski definition) is 3. The van der Waals surface area contributed by atoms with Gasteiger partial charge >= 0.3 is 0 Å². The van der Waals surface area contributed by atoms with Crippen molar-refractivity contribution < 1.29 is 5.11 Å². The Balaban J connectivity index is 2.30. The first kappa shape index (κ1) is 7.38. The molecular formula is C6H13NOS. The fourth-order valence-corrected chi connectivity index (χ4v) is 2.18. The third-order valence-corrected chi connectivity index (χ3v) is 3.10. The van der Waals surface area contributed by atoms with Gasteiger partial charge in [-0.15, -0.1) is 0 Å². The van der Waals surface area contributed by atoms with Crippen LogP contribution in [0.15, 0.2) is 0 Å². The summed E-state index contributed by atoms with van der Waals surface area (Å²) in [5, 5.41) is 9.57. The molecule has 1 aliphatic rings. The van der Waals surface area contributed by atoms with Crippen molar-refractivity contribution in [2.75, 3.05) is 12.3 Å². The topological polar surface area (TPSA) is 46.2 Å². The molecule has 1 rings (SSSR count). The number of nitrogens with two attached hydrogens (primary N) is 1. The summed E-state index contributed by atoms with van der Waals surface area (Å²) in [6.07, 6.45) is 1.94. The van der Waals surface area contributed by atoms with Gasteiger partial charge in [0, 0.05) is 11.8 Å². The van der Waals surface area contributed by atoms with Gasteiger partial charge in [0.2, 0.25) is 0 Å². The van der Waals surface area contributed by atoms with E-state index in [1.54, 1.807) is 11.8 Å². The largest absolute Gasteiger partial charge is 0.392 e. The van der Waals surface area contributed by atoms with Gasteiger partial charge in [0.1, 0.15) is 0 Å². The zero-order valence-electron chi connectivity index (χ0n) is 5.42. The van der Waals surface area contributed by atoms with E-state index in [1.807, 2.05) is 0 Å². The van der Waals surface area contributed by atoms with Gasteiger partial charge in [-0.3, -0.25) is 0 Å². The van der Waals surface area contributed by atoms with E-state index < -0.39 is 0 Å². The molecule has 0 aromatic rings. The highest BCUT2D eigenvalue weighted by atomic mass is 32.2. The lowest BCUT2D eigenvalue weighted by Crippen LogP contribution is -2.33. The smallest absolute Gasteiger partial charge is 0.0671 e. The highest BCUT2D eigenvalue weighted by Gasteiger charge is 2.21. The van der Waals surface area contributed by atoms with E-state index in [9.17, 15) is 5.11 Å². The average molecular weight is 147 g/mol. The summed E-state index contributed by atoms with van der Waals surface area (Å²) in [5.74, 6) is 1.17. The van der Waals surface area contributed by atoms with Crippen LogP contribution in [0.25, 0.3) is 0 Å². The van der Waals surface area contributed by atoms with E-state index in [4.69, 9.17) is 5.73 Å². The second kappa shape index (κ2) is 3.44. The molecule has 54 valence electrons. The first-order chi connectivity index (χ1) is 4.34. The maximum Gasteiger partial charge on any atom is 0.0671 e. The van der Waals surface area contributed by atoms with Crippen molar-refractivity contribution in [3.8, 4) is 0 Å². The van der Waals surface area contributed by atoms with Crippen LogP contribution in [0.5, 0.6) is 0 Å². The molecule has 0 aromatic carbocycles. The van der Waals surface area contributed by atoms with Crippen molar-refractivity contribution in [3.63, 3.8) is 0 Å². The summed E-state index contributed by atoms with van der Waals surface area (Å²) < 4.78 is 0. The number of hydrogen-bond donors (Lipinski definition) is 2. The van der Waals surface area contributed by atoms with Gasteiger partial charge in [-0.25, -0.2) is 0 Å². The molecule has 2 unspecified atom stereocenters. The number of rotatable bonds is 1. The second-order valence-electron chi connectivity index (χ2n) is 2.35. The molecule has 0 spiro atoms. The van der Waals surface area contributed by atoms with Crippen molar-refractivity contribution in [2.45, 2.75) is 24.2 Å². The van der Waals surface area contributed by atoms with Gasteiger partial charge in [-0.05, 0) is 18.6 Å². The summed E-state index contributed by atoms with van der Waals surface area (Å²) in [5.41, 5.74) is 5.41. The van der Waals surface area contributed by atoms with Crippen LogP contribution >= 0.6 is 11.8 Å². The minimum Gasteiger partial charge on any atom is -0.392 e. The van der Waals surface area contributed by atoms with Crippen LogP contribution in [0.4, 0.5) is 0 Å². The standard InChI is InChI=1S/C6H13NOS/c7-4-6-5(8)2-1-3-9-6/h5-6,8H,1-4,7H2. The van der Waals surface area contributed by atoms with Gasteiger partial charge in [-0.2, -0.15) is 11.8 Å². The Bertz CT molecular complexity index is 89.1. The van der Waals surface area contributed by atoms with Gasteiger partial charge in [0.25, 0.3) is 0 Å². The molecule has 0 saturated carbocycles. The summed E-state index contributed by atoms with van der Waals surface area (Å²) in [7, 11) is 0. The molecule has 0 aromatic heterocycles. The predicted octanol–water partition coefficient (Wildman–Crippen LogP) is 0.202. The summed E-state index contributed by atoms with van der Waals surface area (Å²) in [4.78, 5) is 0. The van der Waals surface area contributed by atoms with E-state index >= 15 is 0 Å². The Kier molecular flexibility index (Phi) is 2.82.